The predicted octanol–water partition coefficient (Wildman–Crippen LogP) is 4.45. The van der Waals surface area contributed by atoms with Crippen molar-refractivity contribution in [2.45, 2.75) is 29.9 Å². The van der Waals surface area contributed by atoms with Crippen LogP contribution in [0.1, 0.15) is 18.1 Å². The fourth-order valence-corrected chi connectivity index (χ4v) is 2.07. The van der Waals surface area contributed by atoms with Crippen LogP contribution in [0.5, 0.6) is 0 Å². The maximum atomic E-state index is 12.5. The van der Waals surface area contributed by atoms with Crippen LogP contribution in [0, 0.1) is 0 Å². The maximum Gasteiger partial charge on any atom is 0.446 e. The zero-order chi connectivity index (χ0) is 14.8. The Balaban J connectivity index is 3.20. The first kappa shape index (κ1) is 15.9. The van der Waals surface area contributed by atoms with Gasteiger partial charge in [0.15, 0.2) is 0 Å². The van der Waals surface area contributed by atoms with Crippen molar-refractivity contribution in [1.29, 1.82) is 0 Å². The summed E-state index contributed by atoms with van der Waals surface area (Å²) in [4.78, 5) is 10.3. The molecule has 0 N–H and O–H groups in total. The SMILES string of the molecule is CC(=O)Cc1cc(SC(F)(F)F)cc(C(F)(F)F)c1. The number of halogens is 6. The lowest BCUT2D eigenvalue weighted by molar-refractivity contribution is -0.137. The molecular weight excluding hydrogens is 294 g/mol. The molecule has 19 heavy (non-hydrogen) atoms. The number of Topliss-reactive ketones (excluding diaryl/α,β-unsaturated/α-hetero) is 1. The van der Waals surface area contributed by atoms with Crippen molar-refractivity contribution >= 4 is 17.5 Å². The van der Waals surface area contributed by atoms with Gasteiger partial charge in [0.05, 0.1) is 5.56 Å². The molecule has 0 heterocycles. The second kappa shape index (κ2) is 5.44. The number of alkyl halides is 6. The standard InChI is InChI=1S/C11H8F6OS/c1-6(18)2-7-3-8(10(12,13)14)5-9(4-7)19-11(15,16)17/h3-5H,2H2,1H3. The van der Waals surface area contributed by atoms with Crippen LogP contribution in [0.2, 0.25) is 0 Å². The third-order valence-corrected chi connectivity index (χ3v) is 2.68. The molecule has 0 saturated heterocycles. The lowest BCUT2D eigenvalue weighted by atomic mass is 10.1. The van der Waals surface area contributed by atoms with E-state index in [2.05, 4.69) is 0 Å². The molecule has 1 nitrogen and oxygen atoms in total. The minimum atomic E-state index is -4.76. The third-order valence-electron chi connectivity index (χ3n) is 1.98. The van der Waals surface area contributed by atoms with Crippen LogP contribution in [-0.4, -0.2) is 11.3 Å². The molecule has 0 spiro atoms. The topological polar surface area (TPSA) is 17.1 Å². The highest BCUT2D eigenvalue weighted by atomic mass is 32.2. The molecule has 0 saturated carbocycles. The summed E-state index contributed by atoms with van der Waals surface area (Å²) in [5, 5.41) is 0. The van der Waals surface area contributed by atoms with Crippen LogP contribution in [0.25, 0.3) is 0 Å². The minimum absolute atomic E-state index is 0.0888. The zero-order valence-corrected chi connectivity index (χ0v) is 10.3. The van der Waals surface area contributed by atoms with Crippen molar-refractivity contribution in [2.75, 3.05) is 0 Å². The van der Waals surface area contributed by atoms with Gasteiger partial charge in [-0.05, 0) is 42.4 Å². The Morgan fingerprint density at radius 2 is 1.68 bits per heavy atom. The van der Waals surface area contributed by atoms with E-state index < -0.39 is 39.7 Å². The summed E-state index contributed by atoms with van der Waals surface area (Å²) in [5.74, 6) is -0.428. The lowest BCUT2D eigenvalue weighted by Gasteiger charge is -2.12. The zero-order valence-electron chi connectivity index (χ0n) is 9.52. The lowest BCUT2D eigenvalue weighted by Crippen LogP contribution is -2.08. The average Bonchev–Trinajstić information content (AvgIpc) is 2.11. The van der Waals surface area contributed by atoms with E-state index in [9.17, 15) is 31.1 Å². The first-order valence-electron chi connectivity index (χ1n) is 4.94. The molecule has 0 radical (unpaired) electrons. The summed E-state index contributed by atoms with van der Waals surface area (Å²) < 4.78 is 74.2. The van der Waals surface area contributed by atoms with Gasteiger partial charge in [0.1, 0.15) is 5.78 Å². The number of benzene rings is 1. The highest BCUT2D eigenvalue weighted by Crippen LogP contribution is 2.40. The van der Waals surface area contributed by atoms with E-state index in [0.29, 0.717) is 12.1 Å². The van der Waals surface area contributed by atoms with Gasteiger partial charge < -0.3 is 0 Å². The average molecular weight is 302 g/mol. The third kappa shape index (κ3) is 5.54. The van der Waals surface area contributed by atoms with E-state index >= 15 is 0 Å². The molecule has 1 rings (SSSR count). The fourth-order valence-electron chi connectivity index (χ4n) is 1.41. The summed E-state index contributed by atoms with van der Waals surface area (Å²) >= 11 is -0.639. The van der Waals surface area contributed by atoms with E-state index in [1.54, 1.807) is 0 Å². The monoisotopic (exact) mass is 302 g/mol. The van der Waals surface area contributed by atoms with Gasteiger partial charge in [-0.1, -0.05) is 0 Å². The van der Waals surface area contributed by atoms with Gasteiger partial charge in [0.25, 0.3) is 0 Å². The Labute approximate surface area is 109 Å². The van der Waals surface area contributed by atoms with Crippen molar-refractivity contribution in [3.8, 4) is 0 Å². The van der Waals surface area contributed by atoms with Gasteiger partial charge in [0, 0.05) is 11.3 Å². The van der Waals surface area contributed by atoms with Gasteiger partial charge in [0.2, 0.25) is 0 Å². The minimum Gasteiger partial charge on any atom is -0.300 e. The summed E-state index contributed by atoms with van der Waals surface area (Å²) in [6, 6.07) is 2.04. The van der Waals surface area contributed by atoms with Crippen LogP contribution in [-0.2, 0) is 17.4 Å². The molecule has 0 aliphatic heterocycles. The van der Waals surface area contributed by atoms with Crippen molar-refractivity contribution in [3.63, 3.8) is 0 Å². The molecule has 0 bridgehead atoms. The molecule has 106 valence electrons. The van der Waals surface area contributed by atoms with E-state index in [-0.39, 0.29) is 12.0 Å². The summed E-state index contributed by atoms with van der Waals surface area (Å²) in [7, 11) is 0. The molecule has 0 aromatic heterocycles. The Kier molecular flexibility index (Phi) is 4.54. The molecule has 1 aromatic rings. The van der Waals surface area contributed by atoms with Gasteiger partial charge in [-0.15, -0.1) is 0 Å². The Morgan fingerprint density at radius 3 is 2.11 bits per heavy atom. The van der Waals surface area contributed by atoms with Gasteiger partial charge in [-0.3, -0.25) is 4.79 Å². The van der Waals surface area contributed by atoms with Crippen LogP contribution in [0.3, 0.4) is 0 Å². The number of rotatable bonds is 3. The molecule has 0 fully saturated rings. The molecule has 8 heteroatoms. The maximum absolute atomic E-state index is 12.5. The smallest absolute Gasteiger partial charge is 0.300 e. The van der Waals surface area contributed by atoms with E-state index in [1.807, 2.05) is 0 Å². The predicted molar refractivity (Wildman–Crippen MR) is 57.7 cm³/mol. The number of carbonyl (C=O) groups is 1. The van der Waals surface area contributed by atoms with Crippen LogP contribution in [0.4, 0.5) is 26.3 Å². The number of thioether (sulfide) groups is 1. The van der Waals surface area contributed by atoms with Gasteiger partial charge >= 0.3 is 11.7 Å². The molecule has 0 aliphatic rings. The van der Waals surface area contributed by atoms with Crippen LogP contribution < -0.4 is 0 Å². The highest BCUT2D eigenvalue weighted by molar-refractivity contribution is 8.00. The number of hydrogen-bond donors (Lipinski definition) is 0. The fraction of sp³-hybridized carbons (Fsp3) is 0.364. The Hall–Kier alpha value is -1.18. The molecule has 0 amide bonds. The Bertz CT molecular complexity index is 477. The second-order valence-corrected chi connectivity index (χ2v) is 4.93. The van der Waals surface area contributed by atoms with Gasteiger partial charge in [-0.2, -0.15) is 26.3 Å². The largest absolute Gasteiger partial charge is 0.446 e. The normalized spacial score (nSPS) is 12.6. The van der Waals surface area contributed by atoms with E-state index in [4.69, 9.17) is 0 Å². The summed E-state index contributed by atoms with van der Waals surface area (Å²) in [5.41, 5.74) is -5.97. The molecule has 0 unspecified atom stereocenters. The van der Waals surface area contributed by atoms with Crippen molar-refractivity contribution in [1.82, 2.24) is 0 Å². The summed E-state index contributed by atoms with van der Waals surface area (Å²) in [6.07, 6.45) is -5.09. The van der Waals surface area contributed by atoms with Crippen molar-refractivity contribution in [3.05, 3.63) is 29.3 Å². The Morgan fingerprint density at radius 1 is 1.11 bits per heavy atom. The molecule has 1 aromatic carbocycles. The molecule has 0 aliphatic carbocycles. The van der Waals surface area contributed by atoms with E-state index in [0.717, 1.165) is 13.0 Å². The first-order chi connectivity index (χ1) is 8.47. The molecule has 0 atom stereocenters. The first-order valence-corrected chi connectivity index (χ1v) is 5.75. The quantitative estimate of drug-likeness (QED) is 0.606. The van der Waals surface area contributed by atoms with Crippen molar-refractivity contribution < 1.29 is 31.1 Å². The van der Waals surface area contributed by atoms with Crippen LogP contribution >= 0.6 is 11.8 Å². The number of ketones is 1. The van der Waals surface area contributed by atoms with E-state index in [1.165, 1.54) is 0 Å². The second-order valence-electron chi connectivity index (χ2n) is 3.79. The summed E-state index contributed by atoms with van der Waals surface area (Å²) in [6.45, 7) is 1.15. The van der Waals surface area contributed by atoms with Crippen LogP contribution in [0.15, 0.2) is 23.1 Å². The number of carbonyl (C=O) groups excluding carboxylic acids is 1. The van der Waals surface area contributed by atoms with Crippen molar-refractivity contribution in [2.24, 2.45) is 0 Å². The van der Waals surface area contributed by atoms with Gasteiger partial charge in [-0.25, -0.2) is 0 Å². The highest BCUT2D eigenvalue weighted by Gasteiger charge is 2.34. The number of hydrogen-bond acceptors (Lipinski definition) is 2. The molecular formula is C11H8F6OS.